The van der Waals surface area contributed by atoms with Crippen LogP contribution in [0.15, 0.2) is 0 Å². The first-order valence-electron chi connectivity index (χ1n) is 5.22. The lowest BCUT2D eigenvalue weighted by atomic mass is 10.2. The molecule has 0 spiro atoms. The van der Waals surface area contributed by atoms with Crippen molar-refractivity contribution in [2.75, 3.05) is 13.2 Å². The van der Waals surface area contributed by atoms with Crippen LogP contribution in [0.2, 0.25) is 0 Å². The van der Waals surface area contributed by atoms with Crippen molar-refractivity contribution in [3.8, 4) is 0 Å². The summed E-state index contributed by atoms with van der Waals surface area (Å²) in [4.78, 5) is 11.3. The molecular formula is C10H22O5P-. The maximum absolute atomic E-state index is 11.3. The van der Waals surface area contributed by atoms with Gasteiger partial charge in [0.1, 0.15) is 0 Å². The monoisotopic (exact) mass is 253 g/mol. The molecule has 0 aliphatic heterocycles. The van der Waals surface area contributed by atoms with Gasteiger partial charge in [-0.25, -0.2) is 0 Å². The molecule has 0 rings (SSSR count). The van der Waals surface area contributed by atoms with Gasteiger partial charge >= 0.3 is 0 Å². The van der Waals surface area contributed by atoms with Gasteiger partial charge < -0.3 is 18.7 Å². The molecule has 0 N–H and O–H groups in total. The van der Waals surface area contributed by atoms with Crippen molar-refractivity contribution in [3.63, 3.8) is 0 Å². The predicted octanol–water partition coefficient (Wildman–Crippen LogP) is 2.10. The second kappa shape index (κ2) is 5.61. The summed E-state index contributed by atoms with van der Waals surface area (Å²) in [6, 6.07) is 0. The van der Waals surface area contributed by atoms with Crippen LogP contribution in [0.25, 0.3) is 0 Å². The number of hydrogen-bond acceptors (Lipinski definition) is 5. The minimum absolute atomic E-state index is 0.0336. The summed E-state index contributed by atoms with van der Waals surface area (Å²) in [6.07, 6.45) is 0. The van der Waals surface area contributed by atoms with Gasteiger partial charge in [-0.15, -0.1) is 0 Å². The Morgan fingerprint density at radius 2 is 1.50 bits per heavy atom. The van der Waals surface area contributed by atoms with Crippen molar-refractivity contribution in [1.82, 2.24) is 0 Å². The van der Waals surface area contributed by atoms with Gasteiger partial charge in [0, 0.05) is 0 Å². The van der Waals surface area contributed by atoms with E-state index >= 15 is 0 Å². The zero-order chi connectivity index (χ0) is 13.0. The molecule has 0 amide bonds. The Morgan fingerprint density at radius 1 is 1.00 bits per heavy atom. The smallest absolute Gasteiger partial charge is 0.268 e. The van der Waals surface area contributed by atoms with Gasteiger partial charge in [-0.1, -0.05) is 0 Å². The summed E-state index contributed by atoms with van der Waals surface area (Å²) in [5.74, 6) is 0. The van der Waals surface area contributed by atoms with E-state index in [-0.39, 0.29) is 18.8 Å². The van der Waals surface area contributed by atoms with Gasteiger partial charge in [0.15, 0.2) is 0 Å². The first-order valence-corrected chi connectivity index (χ1v) is 6.68. The van der Waals surface area contributed by atoms with Gasteiger partial charge in [0.05, 0.1) is 24.4 Å². The SMILES string of the molecule is CC(C)(C)OCCOP(=O)([O-])OC(C)(C)C. The van der Waals surface area contributed by atoms with Crippen molar-refractivity contribution in [1.29, 1.82) is 0 Å². The van der Waals surface area contributed by atoms with E-state index in [1.165, 1.54) is 0 Å². The molecule has 1 unspecified atom stereocenters. The topological polar surface area (TPSA) is 67.8 Å². The highest BCUT2D eigenvalue weighted by Crippen LogP contribution is 2.42. The summed E-state index contributed by atoms with van der Waals surface area (Å²) in [5.41, 5.74) is -1.08. The van der Waals surface area contributed by atoms with E-state index in [0.29, 0.717) is 0 Å². The summed E-state index contributed by atoms with van der Waals surface area (Å²) in [5, 5.41) is 0. The molecule has 0 aromatic heterocycles. The average molecular weight is 253 g/mol. The molecule has 0 saturated heterocycles. The quantitative estimate of drug-likeness (QED) is 0.554. The zero-order valence-corrected chi connectivity index (χ0v) is 11.8. The van der Waals surface area contributed by atoms with Crippen LogP contribution in [-0.2, 0) is 18.3 Å². The highest BCUT2D eigenvalue weighted by molar-refractivity contribution is 7.45. The highest BCUT2D eigenvalue weighted by atomic mass is 31.2. The minimum atomic E-state index is -4.23. The molecule has 0 heterocycles. The van der Waals surface area contributed by atoms with Crippen molar-refractivity contribution >= 4 is 7.82 Å². The molecule has 1 atom stereocenters. The Labute approximate surface area is 97.7 Å². The van der Waals surface area contributed by atoms with Crippen LogP contribution in [0.5, 0.6) is 0 Å². The summed E-state index contributed by atoms with van der Waals surface area (Å²) >= 11 is 0. The molecule has 6 heteroatoms. The van der Waals surface area contributed by atoms with E-state index in [1.807, 2.05) is 20.8 Å². The average Bonchev–Trinajstić information content (AvgIpc) is 1.91. The Balaban J connectivity index is 3.89. The standard InChI is InChI=1S/C10H23O5P/c1-9(2,3)13-7-8-14-16(11,12)15-10(4,5)6/h7-8H2,1-6H3,(H,11,12)/p-1. The summed E-state index contributed by atoms with van der Waals surface area (Å²) in [7, 11) is -4.23. The van der Waals surface area contributed by atoms with Gasteiger partial charge in [0.25, 0.3) is 7.82 Å². The molecule has 0 bridgehead atoms. The van der Waals surface area contributed by atoms with Crippen molar-refractivity contribution in [3.05, 3.63) is 0 Å². The Kier molecular flexibility index (Phi) is 5.63. The molecule has 98 valence electrons. The molecule has 0 aromatic carbocycles. The molecule has 5 nitrogen and oxygen atoms in total. The summed E-state index contributed by atoms with van der Waals surface area (Å²) in [6.45, 7) is 10.8. The lowest BCUT2D eigenvalue weighted by Gasteiger charge is -2.30. The van der Waals surface area contributed by atoms with E-state index < -0.39 is 13.4 Å². The molecular weight excluding hydrogens is 231 g/mol. The van der Waals surface area contributed by atoms with Crippen LogP contribution in [0, 0.1) is 0 Å². The third-order valence-electron chi connectivity index (χ3n) is 1.25. The fourth-order valence-corrected chi connectivity index (χ4v) is 1.88. The molecule has 0 saturated carbocycles. The highest BCUT2D eigenvalue weighted by Gasteiger charge is 2.20. The van der Waals surface area contributed by atoms with Crippen molar-refractivity contribution in [2.45, 2.75) is 52.7 Å². The van der Waals surface area contributed by atoms with Gasteiger partial charge in [-0.2, -0.15) is 0 Å². The van der Waals surface area contributed by atoms with E-state index in [1.54, 1.807) is 20.8 Å². The fourth-order valence-electron chi connectivity index (χ4n) is 0.859. The number of ether oxygens (including phenoxy) is 1. The third kappa shape index (κ3) is 10.6. The normalized spacial score (nSPS) is 17.2. The molecule has 0 aromatic rings. The Morgan fingerprint density at radius 3 is 1.88 bits per heavy atom. The van der Waals surface area contributed by atoms with Crippen LogP contribution in [-0.4, -0.2) is 24.4 Å². The molecule has 0 aliphatic rings. The lowest BCUT2D eigenvalue weighted by Crippen LogP contribution is -2.25. The zero-order valence-electron chi connectivity index (χ0n) is 10.9. The van der Waals surface area contributed by atoms with Crippen LogP contribution in [0.4, 0.5) is 0 Å². The fraction of sp³-hybridized carbons (Fsp3) is 1.00. The second-order valence-corrected chi connectivity index (χ2v) is 6.78. The Bertz CT molecular complexity index is 251. The van der Waals surface area contributed by atoms with Crippen LogP contribution >= 0.6 is 7.82 Å². The van der Waals surface area contributed by atoms with Gasteiger partial charge in [-0.3, -0.25) is 4.57 Å². The maximum atomic E-state index is 11.3. The van der Waals surface area contributed by atoms with Gasteiger partial charge in [-0.05, 0) is 41.5 Å². The van der Waals surface area contributed by atoms with Crippen molar-refractivity contribution in [2.24, 2.45) is 0 Å². The minimum Gasteiger partial charge on any atom is -0.756 e. The van der Waals surface area contributed by atoms with Crippen LogP contribution in [0.3, 0.4) is 0 Å². The molecule has 0 radical (unpaired) electrons. The number of hydrogen-bond donors (Lipinski definition) is 0. The molecule has 0 aliphatic carbocycles. The third-order valence-corrected chi connectivity index (χ3v) is 2.52. The van der Waals surface area contributed by atoms with E-state index in [4.69, 9.17) is 9.26 Å². The van der Waals surface area contributed by atoms with Gasteiger partial charge in [0.2, 0.25) is 0 Å². The first-order chi connectivity index (χ1) is 6.91. The maximum Gasteiger partial charge on any atom is 0.268 e. The number of rotatable bonds is 5. The predicted molar refractivity (Wildman–Crippen MR) is 60.1 cm³/mol. The number of phosphoric acid groups is 1. The summed E-state index contributed by atoms with van der Waals surface area (Å²) < 4.78 is 26.0. The van der Waals surface area contributed by atoms with E-state index in [9.17, 15) is 9.46 Å². The lowest BCUT2D eigenvalue weighted by molar-refractivity contribution is -0.235. The number of phosphoric ester groups is 1. The molecule has 0 fully saturated rings. The Hall–Kier alpha value is 0.0700. The van der Waals surface area contributed by atoms with E-state index in [0.717, 1.165) is 0 Å². The van der Waals surface area contributed by atoms with E-state index in [2.05, 4.69) is 4.52 Å². The van der Waals surface area contributed by atoms with Crippen molar-refractivity contribution < 1.29 is 23.2 Å². The van der Waals surface area contributed by atoms with Crippen LogP contribution in [0.1, 0.15) is 41.5 Å². The van der Waals surface area contributed by atoms with Crippen LogP contribution < -0.4 is 4.89 Å². The second-order valence-electron chi connectivity index (χ2n) is 5.44. The first kappa shape index (κ1) is 16.1. The molecule has 16 heavy (non-hydrogen) atoms. The largest absolute Gasteiger partial charge is 0.756 e.